The second-order valence-electron chi connectivity index (χ2n) is 7.99. The summed E-state index contributed by atoms with van der Waals surface area (Å²) in [5, 5.41) is 0. The number of nitrogens with zero attached hydrogens (tertiary/aromatic N) is 3. The zero-order valence-electron chi connectivity index (χ0n) is 18.1. The molecule has 3 aromatic heterocycles. The van der Waals surface area contributed by atoms with Crippen LogP contribution in [0.2, 0.25) is 0 Å². The lowest BCUT2D eigenvalue weighted by Crippen LogP contribution is -2.13. The summed E-state index contributed by atoms with van der Waals surface area (Å²) in [6, 6.07) is 40.3. The van der Waals surface area contributed by atoms with Crippen LogP contribution in [0.3, 0.4) is 0 Å². The minimum Gasteiger partial charge on any atom is -0.308 e. The lowest BCUT2D eigenvalue weighted by Gasteiger charge is -2.16. The second kappa shape index (κ2) is 8.21. The Bertz CT molecular complexity index is 1360. The van der Waals surface area contributed by atoms with Crippen molar-refractivity contribution in [3.8, 4) is 39.3 Å². The van der Waals surface area contributed by atoms with Gasteiger partial charge in [-0.25, -0.2) is 4.68 Å². The molecule has 3 heterocycles. The van der Waals surface area contributed by atoms with Gasteiger partial charge in [-0.05, 0) is 35.4 Å². The highest BCUT2D eigenvalue weighted by molar-refractivity contribution is 5.98. The third-order valence-corrected chi connectivity index (χ3v) is 5.96. The molecule has 0 N–H and O–H groups in total. The molecule has 0 spiro atoms. The molecule has 0 fully saturated rings. The Morgan fingerprint density at radius 3 is 1.39 bits per heavy atom. The molecule has 6 aromatic rings. The van der Waals surface area contributed by atoms with Crippen LogP contribution in [0.1, 0.15) is 0 Å². The van der Waals surface area contributed by atoms with E-state index < -0.39 is 0 Å². The van der Waals surface area contributed by atoms with Gasteiger partial charge in [-0.3, -0.25) is 4.68 Å². The molecule has 0 amide bonds. The Morgan fingerprint density at radius 1 is 0.394 bits per heavy atom. The number of benzene rings is 3. The van der Waals surface area contributed by atoms with Crippen LogP contribution in [0.5, 0.6) is 0 Å². The fourth-order valence-corrected chi connectivity index (χ4v) is 4.57. The van der Waals surface area contributed by atoms with Crippen LogP contribution in [0.15, 0.2) is 140 Å². The fourth-order valence-electron chi connectivity index (χ4n) is 4.57. The molecule has 3 aromatic carbocycles. The third-order valence-electron chi connectivity index (χ3n) is 5.96. The van der Waals surface area contributed by atoms with Gasteiger partial charge in [0.25, 0.3) is 0 Å². The molecule has 0 radical (unpaired) electrons. The predicted molar refractivity (Wildman–Crippen MR) is 135 cm³/mol. The topological polar surface area (TPSA) is 14.8 Å². The normalized spacial score (nSPS) is 11.0. The maximum Gasteiger partial charge on any atom is 0.145 e. The average Bonchev–Trinajstić information content (AvgIpc) is 3.65. The summed E-state index contributed by atoms with van der Waals surface area (Å²) in [6.07, 6.45) is 8.43. The lowest BCUT2D eigenvalue weighted by atomic mass is 9.94. The highest BCUT2D eigenvalue weighted by atomic mass is 15.5. The molecule has 6 rings (SSSR count). The van der Waals surface area contributed by atoms with Gasteiger partial charge in [0.15, 0.2) is 0 Å². The monoisotopic (exact) mass is 425 g/mol. The van der Waals surface area contributed by atoms with Crippen LogP contribution in [0.4, 0.5) is 0 Å². The Balaban J connectivity index is 1.85. The van der Waals surface area contributed by atoms with Crippen LogP contribution in [-0.4, -0.2) is 13.9 Å². The van der Waals surface area contributed by atoms with Crippen molar-refractivity contribution >= 4 is 0 Å². The van der Waals surface area contributed by atoms with Crippen molar-refractivity contribution in [2.45, 2.75) is 0 Å². The van der Waals surface area contributed by atoms with Gasteiger partial charge in [0.1, 0.15) is 5.82 Å². The second-order valence-corrected chi connectivity index (χ2v) is 7.99. The van der Waals surface area contributed by atoms with Crippen molar-refractivity contribution in [3.63, 3.8) is 0 Å². The minimum absolute atomic E-state index is 1.10. The molecule has 3 heteroatoms. The van der Waals surface area contributed by atoms with Crippen LogP contribution >= 0.6 is 0 Å². The first-order chi connectivity index (χ1) is 16.4. The highest BCUT2D eigenvalue weighted by Crippen LogP contribution is 2.46. The zero-order chi connectivity index (χ0) is 22.0. The van der Waals surface area contributed by atoms with E-state index in [1.54, 1.807) is 0 Å². The van der Waals surface area contributed by atoms with Gasteiger partial charge in [0.2, 0.25) is 0 Å². The maximum absolute atomic E-state index is 2.32. The zero-order valence-corrected chi connectivity index (χ0v) is 18.1. The van der Waals surface area contributed by atoms with E-state index in [-0.39, 0.29) is 0 Å². The Morgan fingerprint density at radius 2 is 0.848 bits per heavy atom. The molecule has 158 valence electrons. The van der Waals surface area contributed by atoms with E-state index in [1.807, 2.05) is 0 Å². The summed E-state index contributed by atoms with van der Waals surface area (Å²) in [6.45, 7) is 0. The van der Waals surface area contributed by atoms with E-state index in [4.69, 9.17) is 0 Å². The van der Waals surface area contributed by atoms with Gasteiger partial charge in [-0.15, -0.1) is 0 Å². The molecule has 0 saturated carbocycles. The number of aromatic nitrogens is 3. The first-order valence-corrected chi connectivity index (χ1v) is 11.1. The van der Waals surface area contributed by atoms with E-state index in [0.717, 1.165) is 11.5 Å². The van der Waals surface area contributed by atoms with Crippen molar-refractivity contribution in [1.29, 1.82) is 0 Å². The number of rotatable bonds is 5. The van der Waals surface area contributed by atoms with Gasteiger partial charge < -0.3 is 4.57 Å². The molecule has 33 heavy (non-hydrogen) atoms. The van der Waals surface area contributed by atoms with Gasteiger partial charge >= 0.3 is 0 Å². The summed E-state index contributed by atoms with van der Waals surface area (Å²) >= 11 is 0. The van der Waals surface area contributed by atoms with Crippen LogP contribution in [0.25, 0.3) is 39.3 Å². The SMILES string of the molecule is c1ccc(-c2c(-c3ccccc3)c(-n3cccc3)n(-n3cccc3)c2-c2ccccc2)cc1. The number of hydrogen-bond donors (Lipinski definition) is 0. The van der Waals surface area contributed by atoms with E-state index >= 15 is 0 Å². The molecule has 0 bridgehead atoms. The van der Waals surface area contributed by atoms with Gasteiger partial charge in [0.05, 0.1) is 5.69 Å². The molecule has 3 nitrogen and oxygen atoms in total. The van der Waals surface area contributed by atoms with Crippen LogP contribution in [-0.2, 0) is 0 Å². The highest BCUT2D eigenvalue weighted by Gasteiger charge is 2.27. The molecule has 0 unspecified atom stereocenters. The summed E-state index contributed by atoms with van der Waals surface area (Å²) in [7, 11) is 0. The van der Waals surface area contributed by atoms with Crippen molar-refractivity contribution in [3.05, 3.63) is 140 Å². The summed E-state index contributed by atoms with van der Waals surface area (Å²) < 4.78 is 6.69. The van der Waals surface area contributed by atoms with Gasteiger partial charge in [-0.2, -0.15) is 0 Å². The fraction of sp³-hybridized carbons (Fsp3) is 0. The van der Waals surface area contributed by atoms with Crippen molar-refractivity contribution < 1.29 is 0 Å². The van der Waals surface area contributed by atoms with E-state index in [1.165, 1.54) is 27.8 Å². The first-order valence-electron chi connectivity index (χ1n) is 11.1. The van der Waals surface area contributed by atoms with Crippen LogP contribution < -0.4 is 0 Å². The Hall–Kier alpha value is -4.50. The largest absolute Gasteiger partial charge is 0.308 e. The van der Waals surface area contributed by atoms with E-state index in [2.05, 4.69) is 154 Å². The van der Waals surface area contributed by atoms with Gasteiger partial charge in [0, 0.05) is 41.5 Å². The molecule has 0 atom stereocenters. The molecule has 0 saturated heterocycles. The van der Waals surface area contributed by atoms with Gasteiger partial charge in [-0.1, -0.05) is 91.0 Å². The predicted octanol–water partition coefficient (Wildman–Crippen LogP) is 7.39. The van der Waals surface area contributed by atoms with E-state index in [0.29, 0.717) is 0 Å². The molecule has 0 aliphatic rings. The smallest absolute Gasteiger partial charge is 0.145 e. The summed E-state index contributed by atoms with van der Waals surface area (Å²) in [5.74, 6) is 1.10. The standard InChI is InChI=1S/C30H23N3/c1-4-14-24(15-5-1)27-28(25-16-6-2-7-17-25)30(31-20-10-11-21-31)33(32-22-12-13-23-32)29(27)26-18-8-3-9-19-26/h1-23H. The molecular weight excluding hydrogens is 402 g/mol. The molecular formula is C30H23N3. The minimum atomic E-state index is 1.10. The summed E-state index contributed by atoms with van der Waals surface area (Å²) in [4.78, 5) is 0. The maximum atomic E-state index is 2.32. The molecule has 0 aliphatic heterocycles. The van der Waals surface area contributed by atoms with E-state index in [9.17, 15) is 0 Å². The molecule has 0 aliphatic carbocycles. The quantitative estimate of drug-likeness (QED) is 0.273. The summed E-state index contributed by atoms with van der Waals surface area (Å²) in [5.41, 5.74) is 7.11. The van der Waals surface area contributed by atoms with Crippen molar-refractivity contribution in [2.75, 3.05) is 0 Å². The van der Waals surface area contributed by atoms with Crippen molar-refractivity contribution in [1.82, 2.24) is 13.9 Å². The first kappa shape index (κ1) is 19.2. The average molecular weight is 426 g/mol. The Kier molecular flexibility index (Phi) is 4.78. The Labute approximate surface area is 193 Å². The van der Waals surface area contributed by atoms with Crippen LogP contribution in [0, 0.1) is 0 Å². The van der Waals surface area contributed by atoms with Crippen molar-refractivity contribution in [2.24, 2.45) is 0 Å². The third kappa shape index (κ3) is 3.31. The number of hydrogen-bond acceptors (Lipinski definition) is 0. The lowest BCUT2D eigenvalue weighted by molar-refractivity contribution is 0.654.